The molecular weight excluding hydrogens is 418 g/mol. The molecule has 0 aliphatic carbocycles. The zero-order chi connectivity index (χ0) is 21.6. The molecule has 3 N–H and O–H groups in total. The van der Waals surface area contributed by atoms with Gasteiger partial charge in [-0.15, -0.1) is 22.7 Å². The molecule has 0 saturated carbocycles. The lowest BCUT2D eigenvalue weighted by molar-refractivity contribution is 0.0527. The minimum absolute atomic E-state index is 0.266. The Hall–Kier alpha value is -2.97. The molecule has 0 aliphatic heterocycles. The summed E-state index contributed by atoms with van der Waals surface area (Å²) in [5.74, 6) is -0.801. The molecule has 0 bridgehead atoms. The fraction of sp³-hybridized carbons (Fsp3) is 0.227. The maximum Gasteiger partial charge on any atom is 0.341 e. The van der Waals surface area contributed by atoms with Crippen molar-refractivity contribution < 1.29 is 14.3 Å². The van der Waals surface area contributed by atoms with Crippen LogP contribution >= 0.6 is 22.7 Å². The van der Waals surface area contributed by atoms with Crippen molar-refractivity contribution in [2.45, 2.75) is 27.7 Å². The number of carbonyl (C=O) groups is 2. The number of nitrogens with one attached hydrogen (secondary N) is 1. The zero-order valence-corrected chi connectivity index (χ0v) is 18.7. The number of amides is 1. The van der Waals surface area contributed by atoms with Crippen molar-refractivity contribution in [3.8, 4) is 0 Å². The summed E-state index contributed by atoms with van der Waals surface area (Å²) in [5, 5.41) is 5.07. The maximum absolute atomic E-state index is 13.1. The topological polar surface area (TPSA) is 94.3 Å². The van der Waals surface area contributed by atoms with E-state index in [1.807, 2.05) is 45.0 Å². The summed E-state index contributed by atoms with van der Waals surface area (Å²) in [6.07, 6.45) is 0. The second-order valence-corrected chi connectivity index (χ2v) is 9.27. The van der Waals surface area contributed by atoms with Crippen LogP contribution in [-0.4, -0.2) is 23.5 Å². The van der Waals surface area contributed by atoms with Gasteiger partial charge in [0.2, 0.25) is 0 Å². The van der Waals surface area contributed by atoms with Gasteiger partial charge in [-0.05, 0) is 51.5 Å². The number of nitrogen functional groups attached to an aromatic ring is 1. The number of pyridine rings is 1. The fourth-order valence-corrected chi connectivity index (χ4v) is 5.34. The van der Waals surface area contributed by atoms with Crippen LogP contribution in [0.15, 0.2) is 24.3 Å². The molecule has 0 aliphatic rings. The third kappa shape index (κ3) is 3.42. The van der Waals surface area contributed by atoms with E-state index in [1.54, 1.807) is 6.92 Å². The van der Waals surface area contributed by atoms with Crippen LogP contribution in [0, 0.1) is 20.8 Å². The number of fused-ring (bicyclic) bond motifs is 2. The molecule has 8 heteroatoms. The van der Waals surface area contributed by atoms with Crippen molar-refractivity contribution in [1.29, 1.82) is 0 Å². The van der Waals surface area contributed by atoms with E-state index >= 15 is 0 Å². The van der Waals surface area contributed by atoms with Crippen molar-refractivity contribution in [1.82, 2.24) is 4.98 Å². The van der Waals surface area contributed by atoms with Crippen molar-refractivity contribution in [2.24, 2.45) is 0 Å². The van der Waals surface area contributed by atoms with E-state index in [4.69, 9.17) is 10.5 Å². The highest BCUT2D eigenvalue weighted by atomic mass is 32.1. The first-order chi connectivity index (χ1) is 14.3. The summed E-state index contributed by atoms with van der Waals surface area (Å²) in [5.41, 5.74) is 9.91. The number of ether oxygens (including phenoxy) is 1. The van der Waals surface area contributed by atoms with Crippen molar-refractivity contribution in [3.05, 3.63) is 50.7 Å². The molecule has 1 amide bonds. The molecule has 3 aromatic heterocycles. The number of esters is 1. The highest BCUT2D eigenvalue weighted by Gasteiger charge is 2.24. The van der Waals surface area contributed by atoms with Gasteiger partial charge in [0.1, 0.15) is 14.7 Å². The van der Waals surface area contributed by atoms with Gasteiger partial charge < -0.3 is 15.8 Å². The SMILES string of the molecule is CCOC(=O)c1c(NC(=O)c2sc3nc4ccc(C)cc4cc3c2N)sc(C)c1C. The van der Waals surface area contributed by atoms with E-state index in [2.05, 4.69) is 10.3 Å². The van der Waals surface area contributed by atoms with E-state index < -0.39 is 5.97 Å². The number of nitrogens with zero attached hydrogens (tertiary/aromatic N) is 1. The van der Waals surface area contributed by atoms with E-state index in [0.717, 1.165) is 32.3 Å². The number of hydrogen-bond donors (Lipinski definition) is 2. The first-order valence-corrected chi connectivity index (χ1v) is 11.1. The van der Waals surface area contributed by atoms with Crippen LogP contribution in [-0.2, 0) is 4.74 Å². The Balaban J connectivity index is 1.74. The van der Waals surface area contributed by atoms with Gasteiger partial charge in [-0.1, -0.05) is 11.6 Å². The van der Waals surface area contributed by atoms with Crippen LogP contribution in [0.5, 0.6) is 0 Å². The first kappa shape index (κ1) is 20.3. The standard InChI is InChI=1S/C22H21N3O3S2/c1-5-28-22(27)16-11(3)12(4)29-21(16)25-19(26)18-17(23)14-9-13-8-10(2)6-7-15(13)24-20(14)30-18/h6-9H,5,23H2,1-4H3,(H,25,26). The monoisotopic (exact) mass is 439 g/mol. The molecule has 0 saturated heterocycles. The Morgan fingerprint density at radius 2 is 1.93 bits per heavy atom. The number of rotatable bonds is 4. The number of thiophene rings is 2. The van der Waals surface area contributed by atoms with Gasteiger partial charge in [0.25, 0.3) is 5.91 Å². The number of aryl methyl sites for hydroxylation is 2. The van der Waals surface area contributed by atoms with Gasteiger partial charge in [0, 0.05) is 15.6 Å². The predicted molar refractivity (Wildman–Crippen MR) is 124 cm³/mol. The Morgan fingerprint density at radius 1 is 1.17 bits per heavy atom. The molecule has 4 aromatic rings. The molecule has 0 unspecified atom stereocenters. The smallest absolute Gasteiger partial charge is 0.341 e. The number of hydrogen-bond acceptors (Lipinski definition) is 7. The van der Waals surface area contributed by atoms with Crippen LogP contribution < -0.4 is 11.1 Å². The van der Waals surface area contributed by atoms with Gasteiger partial charge >= 0.3 is 5.97 Å². The largest absolute Gasteiger partial charge is 0.462 e. The van der Waals surface area contributed by atoms with Crippen molar-refractivity contribution >= 4 is 66.4 Å². The molecule has 30 heavy (non-hydrogen) atoms. The summed E-state index contributed by atoms with van der Waals surface area (Å²) in [4.78, 5) is 32.1. The van der Waals surface area contributed by atoms with Gasteiger partial charge in [-0.25, -0.2) is 9.78 Å². The maximum atomic E-state index is 13.1. The summed E-state index contributed by atoms with van der Waals surface area (Å²) >= 11 is 2.60. The number of carbonyl (C=O) groups excluding carboxylic acids is 2. The van der Waals surface area contributed by atoms with Crippen LogP contribution in [0.2, 0.25) is 0 Å². The van der Waals surface area contributed by atoms with Crippen LogP contribution in [0.1, 0.15) is 43.0 Å². The highest BCUT2D eigenvalue weighted by Crippen LogP contribution is 2.37. The Bertz CT molecular complexity index is 1320. The number of anilines is 2. The minimum Gasteiger partial charge on any atom is -0.462 e. The van der Waals surface area contributed by atoms with Crippen LogP contribution in [0.25, 0.3) is 21.1 Å². The Labute approximate surface area is 181 Å². The second kappa shape index (κ2) is 7.70. The van der Waals surface area contributed by atoms with Gasteiger partial charge in [0.15, 0.2) is 0 Å². The number of aromatic nitrogens is 1. The van der Waals surface area contributed by atoms with Crippen molar-refractivity contribution in [3.63, 3.8) is 0 Å². The van der Waals surface area contributed by atoms with Gasteiger partial charge in [0.05, 0.1) is 23.4 Å². The summed E-state index contributed by atoms with van der Waals surface area (Å²) in [6.45, 7) is 7.79. The normalized spacial score (nSPS) is 11.2. The van der Waals surface area contributed by atoms with Crippen LogP contribution in [0.3, 0.4) is 0 Å². The van der Waals surface area contributed by atoms with E-state index in [-0.39, 0.29) is 12.5 Å². The average Bonchev–Trinajstić information content (AvgIpc) is 3.16. The Morgan fingerprint density at radius 3 is 2.67 bits per heavy atom. The lowest BCUT2D eigenvalue weighted by atomic mass is 10.1. The molecular formula is C22H21N3O3S2. The molecule has 0 radical (unpaired) electrons. The third-order valence-electron chi connectivity index (χ3n) is 4.97. The molecule has 4 rings (SSSR count). The lowest BCUT2D eigenvalue weighted by Gasteiger charge is -2.06. The van der Waals surface area contributed by atoms with Gasteiger partial charge in [-0.2, -0.15) is 0 Å². The minimum atomic E-state index is -0.442. The number of benzene rings is 1. The molecule has 3 heterocycles. The average molecular weight is 440 g/mol. The van der Waals surface area contributed by atoms with Crippen LogP contribution in [0.4, 0.5) is 10.7 Å². The molecule has 1 aromatic carbocycles. The first-order valence-electron chi connectivity index (χ1n) is 9.48. The Kier molecular flexibility index (Phi) is 5.21. The zero-order valence-electron chi connectivity index (χ0n) is 17.1. The number of nitrogens with two attached hydrogens (primary N) is 1. The van der Waals surface area contributed by atoms with Crippen molar-refractivity contribution in [2.75, 3.05) is 17.7 Å². The van der Waals surface area contributed by atoms with E-state index in [9.17, 15) is 9.59 Å². The molecule has 154 valence electrons. The molecule has 6 nitrogen and oxygen atoms in total. The quantitative estimate of drug-likeness (QED) is 0.413. The third-order valence-corrected chi connectivity index (χ3v) is 7.20. The highest BCUT2D eigenvalue weighted by molar-refractivity contribution is 7.21. The summed E-state index contributed by atoms with van der Waals surface area (Å²) in [7, 11) is 0. The molecule has 0 atom stereocenters. The van der Waals surface area contributed by atoms with E-state index in [1.165, 1.54) is 22.7 Å². The molecule has 0 spiro atoms. The second-order valence-electron chi connectivity index (χ2n) is 7.04. The summed E-state index contributed by atoms with van der Waals surface area (Å²) in [6, 6.07) is 7.98. The molecule has 0 fully saturated rings. The van der Waals surface area contributed by atoms with Gasteiger partial charge in [-0.3, -0.25) is 4.79 Å². The summed E-state index contributed by atoms with van der Waals surface area (Å²) < 4.78 is 5.16. The lowest BCUT2D eigenvalue weighted by Crippen LogP contribution is -2.15. The predicted octanol–water partition coefficient (Wildman–Crippen LogP) is 5.45. The fourth-order valence-electron chi connectivity index (χ4n) is 3.32. The van der Waals surface area contributed by atoms with E-state index in [0.29, 0.717) is 26.0 Å².